The van der Waals surface area contributed by atoms with E-state index in [9.17, 15) is 46.3 Å². The van der Waals surface area contributed by atoms with Gasteiger partial charge in [-0.3, -0.25) is 9.59 Å². The zero-order valence-electron chi connectivity index (χ0n) is 51.2. The van der Waals surface area contributed by atoms with Gasteiger partial charge in [-0.25, -0.2) is 39.1 Å². The van der Waals surface area contributed by atoms with E-state index in [2.05, 4.69) is 68.3 Å². The number of halogens is 6. The molecule has 494 valence electrons. The molecule has 0 spiro atoms. The number of terminal acetylenes is 1. The predicted molar refractivity (Wildman–Crippen MR) is 326 cm³/mol. The second-order valence-electron chi connectivity index (χ2n) is 24.1. The van der Waals surface area contributed by atoms with Gasteiger partial charge in [-0.05, 0) is 105 Å². The summed E-state index contributed by atoms with van der Waals surface area (Å²) in [5.74, 6) is -0.0529. The molecule has 91 heavy (non-hydrogen) atoms. The molecule has 4 amide bonds. The Morgan fingerprint density at radius 3 is 1.37 bits per heavy atom. The molecule has 4 N–H and O–H groups in total. The average molecular weight is 1410 g/mol. The molecule has 4 aliphatic rings. The number of fused-ring (bicyclic) bond motifs is 2. The molecule has 2 aliphatic heterocycles. The van der Waals surface area contributed by atoms with E-state index in [4.69, 9.17) is 54.4 Å². The highest BCUT2D eigenvalue weighted by atomic mass is 79.9. The van der Waals surface area contributed by atoms with E-state index < -0.39 is 141 Å². The Balaban J connectivity index is 0.000000259. The maximum atomic E-state index is 14.5. The molecule has 0 radical (unpaired) electrons. The van der Waals surface area contributed by atoms with Crippen molar-refractivity contribution in [2.75, 3.05) is 40.5 Å². The first-order chi connectivity index (χ1) is 42.8. The van der Waals surface area contributed by atoms with Crippen LogP contribution in [-0.4, -0.2) is 184 Å². The minimum absolute atomic E-state index is 0.0716. The Morgan fingerprint density at radius 2 is 1.02 bits per heavy atom. The summed E-state index contributed by atoms with van der Waals surface area (Å²) < 4.78 is 102. The summed E-state index contributed by atoms with van der Waals surface area (Å²) in [6, 6.07) is 8.34. The first-order valence-electron chi connectivity index (χ1n) is 29.2. The van der Waals surface area contributed by atoms with Crippen LogP contribution < -0.4 is 20.1 Å². The van der Waals surface area contributed by atoms with Gasteiger partial charge in [0.15, 0.2) is 11.4 Å². The standard InChI is InChI=1S/C30H38BBrF2N4O9.C30H35BrF2N4O7/c1-29(2,3)24(37-28(41)47-22-12-7-11-21(22)45-14-8-13-31(42)43)26(39)38-16-17(15-20(38)27(40)44-4)46-25-23(30(32,33)34)35-18-9-5-6-10-19(18)36-25;1-6-14-42-21-12-9-13-22(21)44-28(40)36-24(29(2,3)4)26(38)37-16-17(15-20(37)27(39)41-5)43-25-23(30(31,32)33)34-18-10-7-8-11-19(18)35-25/h5-6,8-10,13,17,20-22,24,42-43H,7,11-12,14-16H2,1-4H3,(H,37,41);1,7-8,10-11,17,20-22,24H,9,12-16H2,2-5H3,(H,36,40)/b13-8+;/t2*17-,20+,21-,22-,24-/m11/s1. The van der Waals surface area contributed by atoms with Gasteiger partial charge in [0.1, 0.15) is 55.2 Å². The number of carbonyl (C=O) groups excluding carboxylic acids is 6. The molecule has 4 heterocycles. The largest absolute Gasteiger partial charge is 0.480 e. The van der Waals surface area contributed by atoms with Crippen molar-refractivity contribution in [3.63, 3.8) is 0 Å². The monoisotopic (exact) mass is 1410 g/mol. The Labute approximate surface area is 539 Å². The number of hydrogen-bond acceptors (Lipinski definition) is 20. The maximum absolute atomic E-state index is 14.5. The molecule has 4 fully saturated rings. The third-order valence-electron chi connectivity index (χ3n) is 15.4. The van der Waals surface area contributed by atoms with Crippen LogP contribution in [0.25, 0.3) is 22.1 Å². The van der Waals surface area contributed by atoms with Crippen LogP contribution >= 0.6 is 31.9 Å². The number of alkyl halides is 6. The number of methoxy groups -OCH3 is 2. The van der Waals surface area contributed by atoms with Crippen molar-refractivity contribution in [3.8, 4) is 24.1 Å². The number of nitrogens with zero attached hydrogens (tertiary/aromatic N) is 6. The number of ether oxygens (including phenoxy) is 8. The van der Waals surface area contributed by atoms with Crippen molar-refractivity contribution >= 4 is 97.0 Å². The maximum Gasteiger partial charge on any atom is 0.480 e. The Hall–Kier alpha value is -6.98. The summed E-state index contributed by atoms with van der Waals surface area (Å²) in [4.78, 5) is 91.6. The highest BCUT2D eigenvalue weighted by molar-refractivity contribution is 9.09. The summed E-state index contributed by atoms with van der Waals surface area (Å²) in [5, 5.41) is 23.2. The number of amides is 4. The smallest absolute Gasteiger partial charge is 0.471 e. The Kier molecular flexibility index (Phi) is 24.1. The van der Waals surface area contributed by atoms with Crippen LogP contribution in [0.5, 0.6) is 11.8 Å². The number of carbonyl (C=O) groups is 6. The molecule has 2 aromatic heterocycles. The fraction of sp³-hybridized carbons (Fsp3) is 0.567. The molecular formula is C60H73BBr2F4N8O16. The third-order valence-corrected chi connectivity index (χ3v) is 16.1. The van der Waals surface area contributed by atoms with Gasteiger partial charge in [0.25, 0.3) is 0 Å². The normalized spacial score (nSPS) is 22.5. The molecule has 31 heteroatoms. The summed E-state index contributed by atoms with van der Waals surface area (Å²) in [6.45, 7) is 10.2. The van der Waals surface area contributed by atoms with Crippen LogP contribution in [0.2, 0.25) is 0 Å². The topological polar surface area (TPSA) is 299 Å². The van der Waals surface area contributed by atoms with E-state index in [1.54, 1.807) is 84.0 Å². The molecule has 2 saturated heterocycles. The highest BCUT2D eigenvalue weighted by Crippen LogP contribution is 2.42. The van der Waals surface area contributed by atoms with Gasteiger partial charge in [-0.1, -0.05) is 83.8 Å². The van der Waals surface area contributed by atoms with Gasteiger partial charge in [0.2, 0.25) is 23.6 Å². The van der Waals surface area contributed by atoms with Crippen LogP contribution in [-0.2, 0) is 57.3 Å². The number of alkyl carbamates (subject to hydrolysis) is 2. The third kappa shape index (κ3) is 18.9. The first-order valence-corrected chi connectivity index (χ1v) is 30.8. The molecule has 10 atom stereocenters. The van der Waals surface area contributed by atoms with Gasteiger partial charge in [-0.2, -0.15) is 17.6 Å². The van der Waals surface area contributed by atoms with Crippen molar-refractivity contribution in [1.29, 1.82) is 0 Å². The molecule has 2 aromatic carbocycles. The number of hydrogen-bond donors (Lipinski definition) is 4. The summed E-state index contributed by atoms with van der Waals surface area (Å²) in [6.07, 6.45) is 5.02. The van der Waals surface area contributed by atoms with Crippen LogP contribution in [0.1, 0.15) is 104 Å². The van der Waals surface area contributed by atoms with E-state index in [1.807, 2.05) is 0 Å². The van der Waals surface area contributed by atoms with Gasteiger partial charge in [-0.15, -0.1) is 6.42 Å². The van der Waals surface area contributed by atoms with E-state index in [-0.39, 0.29) is 56.3 Å². The van der Waals surface area contributed by atoms with Crippen molar-refractivity contribution in [2.24, 2.45) is 10.8 Å². The fourth-order valence-corrected chi connectivity index (χ4v) is 11.5. The molecule has 2 saturated carbocycles. The number of benzene rings is 2. The number of likely N-dealkylation sites (tertiary alicyclic amines) is 2. The molecule has 24 nitrogen and oxygen atoms in total. The van der Waals surface area contributed by atoms with Crippen LogP contribution in [0.15, 0.2) is 60.6 Å². The van der Waals surface area contributed by atoms with Gasteiger partial charge in [0.05, 0.1) is 68.2 Å². The van der Waals surface area contributed by atoms with Gasteiger partial charge in [0, 0.05) is 12.8 Å². The SMILES string of the molecule is C#CCO[C@@H]1CCC[C@H]1OC(=O)N[C@H](C(=O)N1C[C@H](Oc2nc3ccccc3nc2C(F)(F)Br)C[C@H]1C(=O)OC)C(C)(C)C.COC(=O)[C@@H]1C[C@@H](Oc2nc3ccccc3nc2C(F)(F)Br)CN1C(=O)[C@@H](NC(=O)O[C@@H]1CCC[C@H]1OC/C=C/B(O)O)C(C)(C)C. The number of esters is 2. The Morgan fingerprint density at radius 1 is 0.648 bits per heavy atom. The summed E-state index contributed by atoms with van der Waals surface area (Å²) >= 11 is 4.68. The lowest BCUT2D eigenvalue weighted by Crippen LogP contribution is -2.57. The molecule has 4 aromatic rings. The lowest BCUT2D eigenvalue weighted by atomic mass is 9.85. The molecule has 8 rings (SSSR count). The average Bonchev–Trinajstić information content (AvgIpc) is 2.02. The molecule has 0 bridgehead atoms. The fourth-order valence-electron chi connectivity index (χ4n) is 10.9. The molecule has 0 unspecified atom stereocenters. The Bertz CT molecular complexity index is 3330. The first kappa shape index (κ1) is 71.5. The minimum Gasteiger partial charge on any atom is -0.471 e. The number of rotatable bonds is 20. The number of para-hydroxylation sites is 4. The number of aromatic nitrogens is 4. The van der Waals surface area contributed by atoms with E-state index in [0.717, 1.165) is 25.9 Å². The second kappa shape index (κ2) is 30.6. The van der Waals surface area contributed by atoms with Crippen LogP contribution in [0.3, 0.4) is 0 Å². The van der Waals surface area contributed by atoms with Crippen molar-refractivity contribution in [1.82, 2.24) is 40.4 Å². The van der Waals surface area contributed by atoms with Crippen molar-refractivity contribution < 1.29 is 94.3 Å². The van der Waals surface area contributed by atoms with E-state index >= 15 is 0 Å². The van der Waals surface area contributed by atoms with Crippen molar-refractivity contribution in [2.45, 2.75) is 163 Å². The van der Waals surface area contributed by atoms with Gasteiger partial charge >= 0.3 is 40.9 Å². The lowest BCUT2D eigenvalue weighted by Gasteiger charge is -2.35. The second-order valence-corrected chi connectivity index (χ2v) is 26.1. The summed E-state index contributed by atoms with van der Waals surface area (Å²) in [5.41, 5.74) is -2.08. The lowest BCUT2D eigenvalue weighted by molar-refractivity contribution is -0.152. The highest BCUT2D eigenvalue weighted by Gasteiger charge is 2.50. The predicted octanol–water partition coefficient (Wildman–Crippen LogP) is 7.55. The summed E-state index contributed by atoms with van der Waals surface area (Å²) in [7, 11) is 0.733. The van der Waals surface area contributed by atoms with E-state index in [1.165, 1.54) is 29.1 Å². The van der Waals surface area contributed by atoms with E-state index in [0.29, 0.717) is 36.7 Å². The molecular weight excluding hydrogens is 1340 g/mol. The van der Waals surface area contributed by atoms with Gasteiger partial charge < -0.3 is 68.4 Å². The quantitative estimate of drug-likeness (QED) is 0.0166. The zero-order valence-corrected chi connectivity index (χ0v) is 54.4. The van der Waals surface area contributed by atoms with Crippen molar-refractivity contribution in [3.05, 3.63) is 72.0 Å². The molecule has 2 aliphatic carbocycles. The number of nitrogens with one attached hydrogen (secondary N) is 2. The minimum atomic E-state index is -3.58. The zero-order chi connectivity index (χ0) is 66.8. The van der Waals surface area contributed by atoms with Crippen LogP contribution in [0.4, 0.5) is 27.2 Å². The van der Waals surface area contributed by atoms with Crippen LogP contribution in [0, 0.1) is 23.2 Å².